The minimum absolute atomic E-state index is 0.0462. The fraction of sp³-hybridized carbons (Fsp3) is 0.550. The molecular formula is C20H27ClFN3O5. The summed E-state index contributed by atoms with van der Waals surface area (Å²) >= 11 is 5.58. The normalized spacial score (nSPS) is 18.8. The molecule has 0 saturated heterocycles. The molecule has 10 heteroatoms. The van der Waals surface area contributed by atoms with E-state index in [1.165, 1.54) is 12.1 Å². The van der Waals surface area contributed by atoms with Crippen LogP contribution in [-0.4, -0.2) is 36.2 Å². The Morgan fingerprint density at radius 3 is 2.40 bits per heavy atom. The predicted octanol–water partition coefficient (Wildman–Crippen LogP) is 3.09. The molecule has 1 aromatic carbocycles. The van der Waals surface area contributed by atoms with Crippen molar-refractivity contribution < 1.29 is 28.2 Å². The van der Waals surface area contributed by atoms with Crippen molar-refractivity contribution in [2.24, 2.45) is 5.92 Å². The van der Waals surface area contributed by atoms with Gasteiger partial charge in [0.05, 0.1) is 5.02 Å². The van der Waals surface area contributed by atoms with E-state index < -0.39 is 30.0 Å². The third-order valence-corrected chi connectivity index (χ3v) is 4.71. The van der Waals surface area contributed by atoms with Gasteiger partial charge in [-0.1, -0.05) is 11.6 Å². The van der Waals surface area contributed by atoms with Gasteiger partial charge in [-0.05, 0) is 58.6 Å². The lowest BCUT2D eigenvalue weighted by atomic mass is 9.85. The molecule has 0 bridgehead atoms. The van der Waals surface area contributed by atoms with E-state index in [1.807, 2.05) is 0 Å². The number of hydrazine groups is 1. The van der Waals surface area contributed by atoms with Gasteiger partial charge in [-0.15, -0.1) is 0 Å². The van der Waals surface area contributed by atoms with Gasteiger partial charge in [0.1, 0.15) is 17.2 Å². The number of hydrogen-bond acceptors (Lipinski definition) is 5. The van der Waals surface area contributed by atoms with Gasteiger partial charge >= 0.3 is 6.09 Å². The van der Waals surface area contributed by atoms with Crippen molar-refractivity contribution in [2.45, 2.75) is 58.1 Å². The third-order valence-electron chi connectivity index (χ3n) is 4.40. The number of nitrogens with one attached hydrogen (secondary N) is 3. The molecular weight excluding hydrogens is 417 g/mol. The van der Waals surface area contributed by atoms with Gasteiger partial charge < -0.3 is 14.8 Å². The van der Waals surface area contributed by atoms with Crippen LogP contribution in [0.1, 0.15) is 46.5 Å². The number of amides is 3. The Bertz CT molecular complexity index is 776. The van der Waals surface area contributed by atoms with E-state index in [0.717, 1.165) is 6.07 Å². The highest BCUT2D eigenvalue weighted by Crippen LogP contribution is 2.25. The van der Waals surface area contributed by atoms with Crippen LogP contribution in [0.15, 0.2) is 18.2 Å². The van der Waals surface area contributed by atoms with E-state index in [4.69, 9.17) is 21.1 Å². The van der Waals surface area contributed by atoms with Crippen molar-refractivity contribution in [1.29, 1.82) is 0 Å². The zero-order chi connectivity index (χ0) is 22.3. The average Bonchev–Trinajstić information content (AvgIpc) is 2.66. The van der Waals surface area contributed by atoms with Gasteiger partial charge in [-0.25, -0.2) is 9.18 Å². The summed E-state index contributed by atoms with van der Waals surface area (Å²) in [5.74, 6) is -1.67. The van der Waals surface area contributed by atoms with Gasteiger partial charge in [-0.3, -0.25) is 20.4 Å². The first-order valence-electron chi connectivity index (χ1n) is 9.69. The van der Waals surface area contributed by atoms with Crippen molar-refractivity contribution in [3.63, 3.8) is 0 Å². The molecule has 1 aromatic rings. The van der Waals surface area contributed by atoms with E-state index in [-0.39, 0.29) is 28.6 Å². The molecule has 0 radical (unpaired) electrons. The fourth-order valence-corrected chi connectivity index (χ4v) is 3.08. The van der Waals surface area contributed by atoms with E-state index in [1.54, 1.807) is 20.8 Å². The molecule has 8 nitrogen and oxygen atoms in total. The summed E-state index contributed by atoms with van der Waals surface area (Å²) in [5.41, 5.74) is 4.08. The van der Waals surface area contributed by atoms with E-state index in [2.05, 4.69) is 16.2 Å². The SMILES string of the molecule is CC(C)(C)OC(=O)N[C@H]1CC[C@H](C(=O)NNC(=O)COc2ccc(Cl)c(F)c2)CC1. The van der Waals surface area contributed by atoms with Crippen molar-refractivity contribution in [3.05, 3.63) is 29.0 Å². The average molecular weight is 444 g/mol. The minimum atomic E-state index is -0.653. The van der Waals surface area contributed by atoms with Crippen LogP contribution in [0.2, 0.25) is 5.02 Å². The molecule has 1 fully saturated rings. The maximum absolute atomic E-state index is 13.3. The molecule has 0 aliphatic heterocycles. The number of rotatable bonds is 5. The summed E-state index contributed by atoms with van der Waals surface area (Å²) in [6, 6.07) is 3.77. The van der Waals surface area contributed by atoms with Crippen LogP contribution in [0.25, 0.3) is 0 Å². The number of hydrogen-bond donors (Lipinski definition) is 3. The van der Waals surface area contributed by atoms with Gasteiger partial charge in [0.15, 0.2) is 6.61 Å². The molecule has 0 spiro atoms. The maximum Gasteiger partial charge on any atom is 0.407 e. The van der Waals surface area contributed by atoms with Gasteiger partial charge in [0.25, 0.3) is 5.91 Å². The van der Waals surface area contributed by atoms with E-state index in [0.29, 0.717) is 25.7 Å². The lowest BCUT2D eigenvalue weighted by Crippen LogP contribution is -2.48. The number of alkyl carbamates (subject to hydrolysis) is 1. The van der Waals surface area contributed by atoms with Crippen LogP contribution in [0.4, 0.5) is 9.18 Å². The lowest BCUT2D eigenvalue weighted by molar-refractivity contribution is -0.132. The number of benzene rings is 1. The van der Waals surface area contributed by atoms with E-state index in [9.17, 15) is 18.8 Å². The second-order valence-electron chi connectivity index (χ2n) is 8.10. The highest BCUT2D eigenvalue weighted by molar-refractivity contribution is 6.30. The van der Waals surface area contributed by atoms with Crippen LogP contribution in [0.5, 0.6) is 5.75 Å². The Morgan fingerprint density at radius 2 is 1.80 bits per heavy atom. The summed E-state index contributed by atoms with van der Waals surface area (Å²) in [6.07, 6.45) is 1.95. The predicted molar refractivity (Wildman–Crippen MR) is 108 cm³/mol. The highest BCUT2D eigenvalue weighted by atomic mass is 35.5. The molecule has 3 amide bonds. The Kier molecular flexibility index (Phi) is 8.28. The van der Waals surface area contributed by atoms with Gasteiger partial charge in [-0.2, -0.15) is 0 Å². The molecule has 0 unspecified atom stereocenters. The molecule has 166 valence electrons. The number of halogens is 2. The first kappa shape index (κ1) is 23.7. The Morgan fingerprint density at radius 1 is 1.13 bits per heavy atom. The summed E-state index contributed by atoms with van der Waals surface area (Å²) in [6.45, 7) is 4.98. The second kappa shape index (κ2) is 10.5. The van der Waals surface area contributed by atoms with Crippen LogP contribution >= 0.6 is 11.6 Å². The minimum Gasteiger partial charge on any atom is -0.484 e. The van der Waals surface area contributed by atoms with Crippen molar-refractivity contribution in [2.75, 3.05) is 6.61 Å². The molecule has 1 saturated carbocycles. The fourth-order valence-electron chi connectivity index (χ4n) is 2.96. The van der Waals surface area contributed by atoms with Crippen molar-refractivity contribution in [1.82, 2.24) is 16.2 Å². The smallest absolute Gasteiger partial charge is 0.407 e. The summed E-state index contributed by atoms with van der Waals surface area (Å²) in [7, 11) is 0. The standard InChI is InChI=1S/C20H27ClFN3O5/c1-20(2,3)30-19(28)23-13-6-4-12(5-7-13)18(27)25-24-17(26)11-29-14-8-9-15(21)16(22)10-14/h8-10,12-13H,4-7,11H2,1-3H3,(H,23,28)(H,24,26)(H,25,27)/t12-,13-. The zero-order valence-electron chi connectivity index (χ0n) is 17.2. The van der Waals surface area contributed by atoms with Crippen molar-refractivity contribution >= 4 is 29.5 Å². The molecule has 0 atom stereocenters. The highest BCUT2D eigenvalue weighted by Gasteiger charge is 2.28. The Hall–Kier alpha value is -2.55. The quantitative estimate of drug-likeness (QED) is 0.606. The molecule has 2 rings (SSSR count). The summed E-state index contributed by atoms with van der Waals surface area (Å²) < 4.78 is 23.7. The lowest BCUT2D eigenvalue weighted by Gasteiger charge is -2.29. The van der Waals surface area contributed by atoms with Crippen LogP contribution in [0, 0.1) is 11.7 Å². The first-order chi connectivity index (χ1) is 14.0. The molecule has 30 heavy (non-hydrogen) atoms. The van der Waals surface area contributed by atoms with Crippen LogP contribution < -0.4 is 20.9 Å². The number of carbonyl (C=O) groups excluding carboxylic acids is 3. The first-order valence-corrected chi connectivity index (χ1v) is 10.1. The third kappa shape index (κ3) is 8.06. The molecule has 0 heterocycles. The number of ether oxygens (including phenoxy) is 2. The monoisotopic (exact) mass is 443 g/mol. The topological polar surface area (TPSA) is 106 Å². The zero-order valence-corrected chi connectivity index (χ0v) is 18.0. The van der Waals surface area contributed by atoms with Crippen molar-refractivity contribution in [3.8, 4) is 5.75 Å². The van der Waals surface area contributed by atoms with E-state index >= 15 is 0 Å². The molecule has 1 aliphatic rings. The van der Waals surface area contributed by atoms with Crippen LogP contribution in [0.3, 0.4) is 0 Å². The molecule has 1 aliphatic carbocycles. The summed E-state index contributed by atoms with van der Waals surface area (Å²) in [5, 5.41) is 2.76. The van der Waals surface area contributed by atoms with Gasteiger partial charge in [0, 0.05) is 18.0 Å². The van der Waals surface area contributed by atoms with Gasteiger partial charge in [0.2, 0.25) is 5.91 Å². The van der Waals surface area contributed by atoms with Crippen LogP contribution in [-0.2, 0) is 14.3 Å². The maximum atomic E-state index is 13.3. The Balaban J connectivity index is 1.66. The second-order valence-corrected chi connectivity index (χ2v) is 8.50. The molecule has 3 N–H and O–H groups in total. The Labute approximate surface area is 179 Å². The largest absolute Gasteiger partial charge is 0.484 e. The molecule has 0 aromatic heterocycles. The number of carbonyl (C=O) groups is 3. The summed E-state index contributed by atoms with van der Waals surface area (Å²) in [4.78, 5) is 35.9.